The van der Waals surface area contributed by atoms with E-state index in [-0.39, 0.29) is 11.7 Å². The van der Waals surface area contributed by atoms with Crippen LogP contribution in [0.4, 0.5) is 4.39 Å². The fraction of sp³-hybridized carbons (Fsp3) is 0.222. The zero-order valence-corrected chi connectivity index (χ0v) is 13.1. The number of carbonyl (C=O) groups excluding carboxylic acids is 1. The summed E-state index contributed by atoms with van der Waals surface area (Å²) in [4.78, 5) is 16.4. The van der Waals surface area contributed by atoms with Crippen LogP contribution in [-0.2, 0) is 13.5 Å². The minimum Gasteiger partial charge on any atom is -0.352 e. The van der Waals surface area contributed by atoms with Crippen LogP contribution in [0.2, 0.25) is 0 Å². The van der Waals surface area contributed by atoms with Gasteiger partial charge in [0.1, 0.15) is 11.5 Å². The molecule has 0 spiro atoms. The van der Waals surface area contributed by atoms with Gasteiger partial charge in [-0.05, 0) is 48.7 Å². The Morgan fingerprint density at radius 2 is 2.17 bits per heavy atom. The number of hydrogen-bond donors (Lipinski definition) is 1. The molecule has 0 aliphatic rings. The van der Waals surface area contributed by atoms with Gasteiger partial charge in [0.25, 0.3) is 5.91 Å². The number of aryl methyl sites for hydroxylation is 2. The molecule has 0 aliphatic heterocycles. The van der Waals surface area contributed by atoms with Gasteiger partial charge < -0.3 is 9.88 Å². The Balaban J connectivity index is 1.66. The average Bonchev–Trinajstić information content (AvgIpc) is 2.87. The number of nitrogens with zero attached hydrogens (tertiary/aromatic N) is 2. The van der Waals surface area contributed by atoms with Crippen LogP contribution in [0, 0.1) is 12.7 Å². The number of carbonyl (C=O) groups is 1. The Kier molecular flexibility index (Phi) is 4.10. The molecule has 23 heavy (non-hydrogen) atoms. The van der Waals surface area contributed by atoms with Crippen LogP contribution >= 0.6 is 0 Å². The second-order valence-corrected chi connectivity index (χ2v) is 5.61. The van der Waals surface area contributed by atoms with Crippen molar-refractivity contribution in [2.24, 2.45) is 7.05 Å². The van der Waals surface area contributed by atoms with Gasteiger partial charge >= 0.3 is 0 Å². The lowest BCUT2D eigenvalue weighted by Gasteiger charge is -2.06. The zero-order chi connectivity index (χ0) is 16.4. The van der Waals surface area contributed by atoms with Crippen molar-refractivity contribution >= 4 is 16.9 Å². The molecule has 0 saturated carbocycles. The molecule has 0 radical (unpaired) electrons. The third-order valence-corrected chi connectivity index (χ3v) is 3.93. The molecule has 1 aromatic carbocycles. The van der Waals surface area contributed by atoms with E-state index in [4.69, 9.17) is 0 Å². The largest absolute Gasteiger partial charge is 0.352 e. The Hall–Kier alpha value is -2.69. The lowest BCUT2D eigenvalue weighted by molar-refractivity contribution is 0.0953. The smallest absolute Gasteiger partial charge is 0.251 e. The number of halogens is 1. The summed E-state index contributed by atoms with van der Waals surface area (Å²) in [6.07, 6.45) is 4.48. The van der Waals surface area contributed by atoms with Crippen molar-refractivity contribution < 1.29 is 9.18 Å². The number of amides is 1. The molecule has 0 aliphatic carbocycles. The van der Waals surface area contributed by atoms with Gasteiger partial charge in [-0.3, -0.25) is 4.79 Å². The lowest BCUT2D eigenvalue weighted by atomic mass is 10.1. The van der Waals surface area contributed by atoms with Crippen molar-refractivity contribution in [3.63, 3.8) is 0 Å². The normalized spacial score (nSPS) is 10.9. The number of hydrogen-bond acceptors (Lipinski definition) is 2. The minimum atomic E-state index is -0.363. The summed E-state index contributed by atoms with van der Waals surface area (Å²) in [6.45, 7) is 2.16. The van der Waals surface area contributed by atoms with E-state index >= 15 is 0 Å². The first-order chi connectivity index (χ1) is 11.1. The van der Waals surface area contributed by atoms with Gasteiger partial charge in [-0.1, -0.05) is 6.07 Å². The van der Waals surface area contributed by atoms with E-state index in [0.29, 0.717) is 24.1 Å². The molecule has 118 valence electrons. The van der Waals surface area contributed by atoms with Crippen molar-refractivity contribution in [2.75, 3.05) is 6.54 Å². The first-order valence-electron chi connectivity index (χ1n) is 7.49. The molecule has 5 heteroatoms. The molecule has 0 fully saturated rings. The molecule has 4 nitrogen and oxygen atoms in total. The van der Waals surface area contributed by atoms with E-state index in [1.165, 1.54) is 6.07 Å². The summed E-state index contributed by atoms with van der Waals surface area (Å²) in [7, 11) is 1.95. The number of fused-ring (bicyclic) bond motifs is 1. The first-order valence-corrected chi connectivity index (χ1v) is 7.49. The van der Waals surface area contributed by atoms with Crippen molar-refractivity contribution in [3.8, 4) is 0 Å². The van der Waals surface area contributed by atoms with Gasteiger partial charge in [0.05, 0.1) is 0 Å². The van der Waals surface area contributed by atoms with Crippen LogP contribution < -0.4 is 5.32 Å². The highest BCUT2D eigenvalue weighted by Crippen LogP contribution is 2.18. The van der Waals surface area contributed by atoms with Gasteiger partial charge in [0, 0.05) is 36.9 Å². The third kappa shape index (κ3) is 3.08. The Labute approximate surface area is 134 Å². The fourth-order valence-electron chi connectivity index (χ4n) is 2.64. The molecule has 0 unspecified atom stereocenters. The maximum absolute atomic E-state index is 13.5. The van der Waals surface area contributed by atoms with Crippen molar-refractivity contribution in [1.29, 1.82) is 0 Å². The minimum absolute atomic E-state index is 0.262. The Bertz CT molecular complexity index is 870. The predicted molar refractivity (Wildman–Crippen MR) is 87.9 cm³/mol. The molecule has 2 heterocycles. The Morgan fingerprint density at radius 3 is 2.96 bits per heavy atom. The van der Waals surface area contributed by atoms with Gasteiger partial charge in [0.15, 0.2) is 0 Å². The number of aromatic nitrogens is 2. The fourth-order valence-corrected chi connectivity index (χ4v) is 2.64. The highest BCUT2D eigenvalue weighted by molar-refractivity contribution is 5.94. The van der Waals surface area contributed by atoms with E-state index in [9.17, 15) is 9.18 Å². The molecule has 0 atom stereocenters. The van der Waals surface area contributed by atoms with E-state index in [0.717, 1.165) is 16.6 Å². The molecule has 0 saturated heterocycles. The number of benzene rings is 1. The molecule has 1 N–H and O–H groups in total. The molecule has 3 aromatic rings. The first kappa shape index (κ1) is 15.2. The second kappa shape index (κ2) is 6.20. The van der Waals surface area contributed by atoms with Crippen molar-refractivity contribution in [2.45, 2.75) is 13.3 Å². The molecular weight excluding hydrogens is 293 g/mol. The van der Waals surface area contributed by atoms with Gasteiger partial charge in [-0.15, -0.1) is 0 Å². The van der Waals surface area contributed by atoms with Crippen LogP contribution in [-0.4, -0.2) is 22.0 Å². The SMILES string of the molecule is Cc1ccc(C(=O)NCCc2cn(C)c3ncccc23)cc1F. The second-order valence-electron chi connectivity index (χ2n) is 5.61. The summed E-state index contributed by atoms with van der Waals surface area (Å²) < 4.78 is 15.5. The number of nitrogens with one attached hydrogen (secondary N) is 1. The number of rotatable bonds is 4. The Morgan fingerprint density at radius 1 is 1.35 bits per heavy atom. The topological polar surface area (TPSA) is 46.9 Å². The molecular formula is C18H18FN3O. The van der Waals surface area contributed by atoms with E-state index < -0.39 is 0 Å². The van der Waals surface area contributed by atoms with Crippen molar-refractivity contribution in [1.82, 2.24) is 14.9 Å². The van der Waals surface area contributed by atoms with E-state index in [2.05, 4.69) is 10.3 Å². The van der Waals surface area contributed by atoms with Crippen molar-refractivity contribution in [3.05, 3.63) is 65.2 Å². The summed E-state index contributed by atoms with van der Waals surface area (Å²) in [6, 6.07) is 8.44. The highest BCUT2D eigenvalue weighted by Gasteiger charge is 2.10. The summed E-state index contributed by atoms with van der Waals surface area (Å²) in [5.74, 6) is -0.625. The van der Waals surface area contributed by atoms with Gasteiger partial charge in [0.2, 0.25) is 0 Å². The standard InChI is InChI=1S/C18H18FN3O/c1-12-5-6-13(10-16(12)19)18(23)21-9-7-14-11-22(2)17-15(14)4-3-8-20-17/h3-6,8,10-11H,7,9H2,1-2H3,(H,21,23). The van der Waals surface area contributed by atoms with Crippen LogP contribution in [0.3, 0.4) is 0 Å². The van der Waals surface area contributed by atoms with Crippen LogP contribution in [0.15, 0.2) is 42.7 Å². The van der Waals surface area contributed by atoms with Gasteiger partial charge in [-0.25, -0.2) is 9.37 Å². The third-order valence-electron chi connectivity index (χ3n) is 3.93. The zero-order valence-electron chi connectivity index (χ0n) is 13.1. The summed E-state index contributed by atoms with van der Waals surface area (Å²) >= 11 is 0. The monoisotopic (exact) mass is 311 g/mol. The quantitative estimate of drug-likeness (QED) is 0.805. The van der Waals surface area contributed by atoms with E-state index in [1.807, 2.05) is 29.9 Å². The highest BCUT2D eigenvalue weighted by atomic mass is 19.1. The maximum Gasteiger partial charge on any atom is 0.251 e. The van der Waals surface area contributed by atoms with Crippen LogP contribution in [0.1, 0.15) is 21.5 Å². The summed E-state index contributed by atoms with van der Waals surface area (Å²) in [5.41, 5.74) is 2.93. The van der Waals surface area contributed by atoms with Crippen LogP contribution in [0.25, 0.3) is 11.0 Å². The summed E-state index contributed by atoms with van der Waals surface area (Å²) in [5, 5.41) is 3.92. The molecule has 1 amide bonds. The lowest BCUT2D eigenvalue weighted by Crippen LogP contribution is -2.25. The average molecular weight is 311 g/mol. The van der Waals surface area contributed by atoms with Gasteiger partial charge in [-0.2, -0.15) is 0 Å². The maximum atomic E-state index is 13.5. The van der Waals surface area contributed by atoms with Crippen LogP contribution in [0.5, 0.6) is 0 Å². The molecule has 3 rings (SSSR count). The molecule has 0 bridgehead atoms. The molecule has 2 aromatic heterocycles. The predicted octanol–water partition coefficient (Wildman–Crippen LogP) is 2.99. The number of pyridine rings is 1. The van der Waals surface area contributed by atoms with E-state index in [1.54, 1.807) is 25.3 Å².